The van der Waals surface area contributed by atoms with Gasteiger partial charge in [-0.2, -0.15) is 0 Å². The van der Waals surface area contributed by atoms with Crippen molar-refractivity contribution in [2.75, 3.05) is 18.5 Å². The average molecular weight is 374 g/mol. The summed E-state index contributed by atoms with van der Waals surface area (Å²) in [7, 11) is 0. The van der Waals surface area contributed by atoms with Crippen molar-refractivity contribution in [3.63, 3.8) is 0 Å². The molecule has 0 aliphatic carbocycles. The smallest absolute Gasteiger partial charge is 0.127 e. The standard InChI is InChI=1S/C21H20ClNO.ClH/c22-18-12-13-21(20(16-18)17-8-3-1-4-9-17)24-15-7-14-23-19-10-5-2-6-11-19;/h1-6,8-13,16,23H,7,14-15H2;1H. The van der Waals surface area contributed by atoms with Crippen LogP contribution in [0.2, 0.25) is 5.02 Å². The highest BCUT2D eigenvalue weighted by Crippen LogP contribution is 2.32. The van der Waals surface area contributed by atoms with Gasteiger partial charge in [-0.15, -0.1) is 12.4 Å². The van der Waals surface area contributed by atoms with Gasteiger partial charge in [-0.25, -0.2) is 0 Å². The topological polar surface area (TPSA) is 21.3 Å². The zero-order chi connectivity index (χ0) is 16.6. The number of benzene rings is 3. The molecule has 0 fully saturated rings. The highest BCUT2D eigenvalue weighted by molar-refractivity contribution is 6.31. The monoisotopic (exact) mass is 373 g/mol. The van der Waals surface area contributed by atoms with Crippen molar-refractivity contribution in [3.05, 3.63) is 83.9 Å². The third-order valence-electron chi connectivity index (χ3n) is 3.71. The maximum absolute atomic E-state index is 6.15. The quantitative estimate of drug-likeness (QED) is 0.489. The Morgan fingerprint density at radius 2 is 1.52 bits per heavy atom. The van der Waals surface area contributed by atoms with Crippen molar-refractivity contribution in [3.8, 4) is 16.9 Å². The minimum absolute atomic E-state index is 0. The van der Waals surface area contributed by atoms with Gasteiger partial charge in [-0.05, 0) is 42.3 Å². The summed E-state index contributed by atoms with van der Waals surface area (Å²) in [6.45, 7) is 1.53. The summed E-state index contributed by atoms with van der Waals surface area (Å²) in [5, 5.41) is 4.10. The van der Waals surface area contributed by atoms with E-state index in [4.69, 9.17) is 16.3 Å². The molecule has 0 bridgehead atoms. The molecule has 0 saturated heterocycles. The second kappa shape index (κ2) is 9.97. The molecule has 0 aromatic heterocycles. The van der Waals surface area contributed by atoms with Crippen LogP contribution in [0, 0.1) is 0 Å². The van der Waals surface area contributed by atoms with Crippen molar-refractivity contribution in [1.29, 1.82) is 0 Å². The highest BCUT2D eigenvalue weighted by atomic mass is 35.5. The number of hydrogen-bond donors (Lipinski definition) is 1. The lowest BCUT2D eigenvalue weighted by Gasteiger charge is -2.13. The van der Waals surface area contributed by atoms with Gasteiger partial charge >= 0.3 is 0 Å². The van der Waals surface area contributed by atoms with Crippen molar-refractivity contribution in [2.45, 2.75) is 6.42 Å². The molecule has 0 aliphatic heterocycles. The summed E-state index contributed by atoms with van der Waals surface area (Å²) in [6.07, 6.45) is 0.922. The van der Waals surface area contributed by atoms with E-state index in [0.29, 0.717) is 11.6 Å². The molecule has 0 atom stereocenters. The second-order valence-electron chi connectivity index (χ2n) is 5.50. The molecule has 3 rings (SSSR count). The van der Waals surface area contributed by atoms with Gasteiger partial charge < -0.3 is 10.1 Å². The fraction of sp³-hybridized carbons (Fsp3) is 0.143. The number of rotatable bonds is 7. The number of ether oxygens (including phenoxy) is 1. The van der Waals surface area contributed by atoms with Crippen LogP contribution in [0.1, 0.15) is 6.42 Å². The second-order valence-corrected chi connectivity index (χ2v) is 5.94. The predicted octanol–water partition coefficient (Wildman–Crippen LogP) is 6.31. The lowest BCUT2D eigenvalue weighted by molar-refractivity contribution is 0.316. The molecule has 0 saturated carbocycles. The minimum Gasteiger partial charge on any atom is -0.493 e. The van der Waals surface area contributed by atoms with Gasteiger partial charge in [0, 0.05) is 22.8 Å². The van der Waals surface area contributed by atoms with Crippen LogP contribution in [0.4, 0.5) is 5.69 Å². The highest BCUT2D eigenvalue weighted by Gasteiger charge is 2.07. The maximum Gasteiger partial charge on any atom is 0.127 e. The van der Waals surface area contributed by atoms with E-state index in [1.165, 1.54) is 0 Å². The molecular formula is C21H21Cl2NO. The van der Waals surface area contributed by atoms with Crippen LogP contribution in [-0.4, -0.2) is 13.2 Å². The molecule has 3 aromatic rings. The Morgan fingerprint density at radius 1 is 0.840 bits per heavy atom. The zero-order valence-corrected chi connectivity index (χ0v) is 15.4. The van der Waals surface area contributed by atoms with Crippen LogP contribution >= 0.6 is 24.0 Å². The summed E-state index contributed by atoms with van der Waals surface area (Å²) in [5.74, 6) is 0.866. The van der Waals surface area contributed by atoms with Gasteiger partial charge in [-0.1, -0.05) is 60.1 Å². The Kier molecular flexibility index (Phi) is 7.65. The SMILES string of the molecule is Cl.Clc1ccc(OCCCNc2ccccc2)c(-c2ccccc2)c1. The van der Waals surface area contributed by atoms with Gasteiger partial charge in [0.2, 0.25) is 0 Å². The average Bonchev–Trinajstić information content (AvgIpc) is 2.64. The molecule has 4 heteroatoms. The van der Waals surface area contributed by atoms with Crippen molar-refractivity contribution in [1.82, 2.24) is 0 Å². The molecule has 0 aliphatic rings. The van der Waals surface area contributed by atoms with Gasteiger partial charge in [0.05, 0.1) is 6.61 Å². The van der Waals surface area contributed by atoms with Crippen LogP contribution < -0.4 is 10.1 Å². The fourth-order valence-electron chi connectivity index (χ4n) is 2.51. The van der Waals surface area contributed by atoms with Gasteiger partial charge in [0.25, 0.3) is 0 Å². The molecule has 0 radical (unpaired) electrons. The van der Waals surface area contributed by atoms with Gasteiger partial charge in [0.1, 0.15) is 5.75 Å². The predicted molar refractivity (Wildman–Crippen MR) is 109 cm³/mol. The normalized spacial score (nSPS) is 9.96. The zero-order valence-electron chi connectivity index (χ0n) is 13.8. The van der Waals surface area contributed by atoms with E-state index < -0.39 is 0 Å². The summed E-state index contributed by atoms with van der Waals surface area (Å²) in [5.41, 5.74) is 3.27. The van der Waals surface area contributed by atoms with E-state index in [-0.39, 0.29) is 12.4 Å². The molecular weight excluding hydrogens is 353 g/mol. The fourth-order valence-corrected chi connectivity index (χ4v) is 2.69. The Hall–Kier alpha value is -2.16. The molecule has 1 N–H and O–H groups in total. The van der Waals surface area contributed by atoms with E-state index in [2.05, 4.69) is 29.6 Å². The molecule has 0 heterocycles. The van der Waals surface area contributed by atoms with E-state index in [9.17, 15) is 0 Å². The van der Waals surface area contributed by atoms with Crippen LogP contribution in [0.25, 0.3) is 11.1 Å². The van der Waals surface area contributed by atoms with Crippen LogP contribution in [0.5, 0.6) is 5.75 Å². The summed E-state index contributed by atoms with van der Waals surface area (Å²) >= 11 is 6.15. The lowest BCUT2D eigenvalue weighted by Crippen LogP contribution is -2.07. The summed E-state index contributed by atoms with van der Waals surface area (Å²) < 4.78 is 5.99. The number of para-hydroxylation sites is 1. The van der Waals surface area contributed by atoms with E-state index in [1.54, 1.807) is 0 Å². The van der Waals surface area contributed by atoms with Crippen LogP contribution in [0.15, 0.2) is 78.9 Å². The first-order valence-corrected chi connectivity index (χ1v) is 8.47. The number of nitrogens with one attached hydrogen (secondary N) is 1. The molecule has 3 aromatic carbocycles. The first kappa shape index (κ1) is 19.2. The maximum atomic E-state index is 6.15. The molecule has 0 spiro atoms. The molecule has 0 amide bonds. The third kappa shape index (κ3) is 5.70. The lowest BCUT2D eigenvalue weighted by atomic mass is 10.0. The summed E-state index contributed by atoms with van der Waals surface area (Å²) in [6, 6.07) is 26.1. The molecule has 130 valence electrons. The number of hydrogen-bond acceptors (Lipinski definition) is 2. The Bertz CT molecular complexity index is 763. The number of halogens is 2. The van der Waals surface area contributed by atoms with E-state index in [1.807, 2.05) is 54.6 Å². The molecule has 25 heavy (non-hydrogen) atoms. The van der Waals surface area contributed by atoms with E-state index in [0.717, 1.165) is 35.5 Å². The van der Waals surface area contributed by atoms with Gasteiger partial charge in [-0.3, -0.25) is 0 Å². The Balaban J connectivity index is 0.00000225. The van der Waals surface area contributed by atoms with Crippen LogP contribution in [0.3, 0.4) is 0 Å². The van der Waals surface area contributed by atoms with Gasteiger partial charge in [0.15, 0.2) is 0 Å². The minimum atomic E-state index is 0. The van der Waals surface area contributed by atoms with Crippen molar-refractivity contribution >= 4 is 29.7 Å². The Morgan fingerprint density at radius 3 is 2.24 bits per heavy atom. The largest absolute Gasteiger partial charge is 0.493 e. The van der Waals surface area contributed by atoms with Crippen molar-refractivity contribution < 1.29 is 4.74 Å². The summed E-state index contributed by atoms with van der Waals surface area (Å²) in [4.78, 5) is 0. The first-order chi connectivity index (χ1) is 11.8. The molecule has 0 unspecified atom stereocenters. The Labute approximate surface area is 160 Å². The van der Waals surface area contributed by atoms with Crippen molar-refractivity contribution in [2.24, 2.45) is 0 Å². The first-order valence-electron chi connectivity index (χ1n) is 8.09. The number of anilines is 1. The molecule has 2 nitrogen and oxygen atoms in total. The van der Waals surface area contributed by atoms with Crippen LogP contribution in [-0.2, 0) is 0 Å². The van der Waals surface area contributed by atoms with E-state index >= 15 is 0 Å². The third-order valence-corrected chi connectivity index (χ3v) is 3.94.